The molecule has 0 atom stereocenters. The predicted octanol–water partition coefficient (Wildman–Crippen LogP) is 0.466. The molecule has 0 aliphatic carbocycles. The second kappa shape index (κ2) is 5.84. The molecular formula is C13H11K. The van der Waals surface area contributed by atoms with Crippen LogP contribution in [0, 0.1) is 13.0 Å². The molecule has 0 aromatic heterocycles. The predicted molar refractivity (Wildman–Crippen MR) is 55.5 cm³/mol. The summed E-state index contributed by atoms with van der Waals surface area (Å²) < 4.78 is 0. The van der Waals surface area contributed by atoms with Crippen molar-refractivity contribution in [3.05, 3.63) is 60.2 Å². The summed E-state index contributed by atoms with van der Waals surface area (Å²) in [5, 5.41) is 0. The number of hydrogen-bond acceptors (Lipinski definition) is 0. The maximum absolute atomic E-state index is 3.01. The summed E-state index contributed by atoms with van der Waals surface area (Å²) in [6, 6.07) is 19.6. The van der Waals surface area contributed by atoms with Crippen LogP contribution in [0.2, 0.25) is 0 Å². The van der Waals surface area contributed by atoms with Gasteiger partial charge in [0.15, 0.2) is 0 Å². The van der Waals surface area contributed by atoms with Gasteiger partial charge < -0.3 is 0 Å². The van der Waals surface area contributed by atoms with Crippen molar-refractivity contribution in [1.82, 2.24) is 0 Å². The first-order valence-corrected chi connectivity index (χ1v) is 4.39. The van der Waals surface area contributed by atoms with Gasteiger partial charge in [-0.25, -0.2) is 0 Å². The van der Waals surface area contributed by atoms with Crippen LogP contribution in [0.4, 0.5) is 0 Å². The zero-order valence-corrected chi connectivity index (χ0v) is 11.7. The third-order valence-corrected chi connectivity index (χ3v) is 2.10. The van der Waals surface area contributed by atoms with Gasteiger partial charge in [-0.2, -0.15) is 30.3 Å². The van der Waals surface area contributed by atoms with Gasteiger partial charge in [-0.05, 0) is 12.5 Å². The third kappa shape index (κ3) is 3.04. The summed E-state index contributed by atoms with van der Waals surface area (Å²) in [5.41, 5.74) is 3.81. The van der Waals surface area contributed by atoms with Crippen molar-refractivity contribution in [2.45, 2.75) is 6.92 Å². The van der Waals surface area contributed by atoms with Gasteiger partial charge in [0.05, 0.1) is 0 Å². The zero-order valence-electron chi connectivity index (χ0n) is 8.62. The van der Waals surface area contributed by atoms with E-state index in [1.54, 1.807) is 0 Å². The van der Waals surface area contributed by atoms with Gasteiger partial charge in [0, 0.05) is 0 Å². The average molecular weight is 206 g/mol. The van der Waals surface area contributed by atoms with Gasteiger partial charge in [0.1, 0.15) is 0 Å². The molecule has 0 bridgehead atoms. The Morgan fingerprint density at radius 1 is 0.786 bits per heavy atom. The van der Waals surface area contributed by atoms with Gasteiger partial charge in [-0.1, -0.05) is 29.8 Å². The van der Waals surface area contributed by atoms with Gasteiger partial charge in [-0.15, -0.1) is 5.56 Å². The van der Waals surface area contributed by atoms with Crippen LogP contribution in [0.3, 0.4) is 0 Å². The van der Waals surface area contributed by atoms with E-state index in [9.17, 15) is 0 Å². The van der Waals surface area contributed by atoms with Crippen LogP contribution in [0.25, 0.3) is 11.1 Å². The van der Waals surface area contributed by atoms with Crippen LogP contribution in [0.15, 0.2) is 48.5 Å². The topological polar surface area (TPSA) is 0 Å². The molecule has 14 heavy (non-hydrogen) atoms. The molecule has 0 unspecified atom stereocenters. The van der Waals surface area contributed by atoms with Crippen molar-refractivity contribution in [2.24, 2.45) is 0 Å². The molecule has 0 fully saturated rings. The summed E-state index contributed by atoms with van der Waals surface area (Å²) in [5.74, 6) is 0. The Kier molecular flexibility index (Phi) is 5.06. The number of aryl methyl sites for hydroxylation is 1. The largest absolute Gasteiger partial charge is 1.00 e. The molecule has 64 valence electrons. The van der Waals surface area contributed by atoms with E-state index in [-0.39, 0.29) is 51.4 Å². The number of rotatable bonds is 1. The molecule has 2 rings (SSSR count). The van der Waals surface area contributed by atoms with Crippen LogP contribution >= 0.6 is 0 Å². The number of benzene rings is 2. The molecule has 0 heterocycles. The fourth-order valence-electron chi connectivity index (χ4n) is 1.33. The summed E-state index contributed by atoms with van der Waals surface area (Å²) >= 11 is 0. The maximum Gasteiger partial charge on any atom is 1.00 e. The number of hydrogen-bond donors (Lipinski definition) is 0. The molecule has 2 aromatic rings. The molecule has 0 aliphatic rings. The Hall–Kier alpha value is 0.0764. The van der Waals surface area contributed by atoms with Gasteiger partial charge >= 0.3 is 51.4 Å². The van der Waals surface area contributed by atoms with Crippen molar-refractivity contribution in [3.8, 4) is 11.1 Å². The summed E-state index contributed by atoms with van der Waals surface area (Å²) in [6.45, 7) is 2.10. The van der Waals surface area contributed by atoms with E-state index in [1.807, 2.05) is 12.1 Å². The van der Waals surface area contributed by atoms with Crippen LogP contribution < -0.4 is 51.4 Å². The van der Waals surface area contributed by atoms with E-state index in [2.05, 4.69) is 49.4 Å². The summed E-state index contributed by atoms with van der Waals surface area (Å²) in [7, 11) is 0. The Labute approximate surface area is 128 Å². The Balaban J connectivity index is 0.000000980. The molecular weight excluding hydrogens is 195 g/mol. The summed E-state index contributed by atoms with van der Waals surface area (Å²) in [4.78, 5) is 0. The first-order chi connectivity index (χ1) is 6.36. The van der Waals surface area contributed by atoms with E-state index in [0.29, 0.717) is 0 Å². The smallest absolute Gasteiger partial charge is 0.184 e. The summed E-state index contributed by atoms with van der Waals surface area (Å²) in [6.07, 6.45) is 0. The first-order valence-electron chi connectivity index (χ1n) is 4.39. The molecule has 0 radical (unpaired) electrons. The van der Waals surface area contributed by atoms with Gasteiger partial charge in [0.2, 0.25) is 0 Å². The third-order valence-electron chi connectivity index (χ3n) is 2.10. The Morgan fingerprint density at radius 2 is 1.29 bits per heavy atom. The molecule has 0 spiro atoms. The fourth-order valence-corrected chi connectivity index (χ4v) is 1.33. The van der Waals surface area contributed by atoms with Crippen molar-refractivity contribution in [1.29, 1.82) is 0 Å². The molecule has 0 amide bonds. The minimum absolute atomic E-state index is 0. The molecule has 0 nitrogen and oxygen atoms in total. The quantitative estimate of drug-likeness (QED) is 0.470. The SMILES string of the molecule is Cc1ccc(-c2cc[c-]cc2)cc1.[K+]. The van der Waals surface area contributed by atoms with Crippen LogP contribution in [0.5, 0.6) is 0 Å². The second-order valence-corrected chi connectivity index (χ2v) is 3.15. The molecule has 0 aliphatic heterocycles. The van der Waals surface area contributed by atoms with Crippen molar-refractivity contribution in [3.63, 3.8) is 0 Å². The van der Waals surface area contributed by atoms with Crippen molar-refractivity contribution in [2.75, 3.05) is 0 Å². The second-order valence-electron chi connectivity index (χ2n) is 3.15. The Morgan fingerprint density at radius 3 is 1.86 bits per heavy atom. The Bertz CT molecular complexity index is 376. The standard InChI is InChI=1S/C13H11.K/c1-11-7-9-13(10-8-11)12-5-3-2-4-6-12;/h3-10H,1H3;/q-1;+1. The van der Waals surface area contributed by atoms with E-state index in [4.69, 9.17) is 0 Å². The molecule has 0 saturated heterocycles. The molecule has 2 aromatic carbocycles. The first kappa shape index (κ1) is 12.1. The zero-order chi connectivity index (χ0) is 9.10. The monoisotopic (exact) mass is 206 g/mol. The average Bonchev–Trinajstić information content (AvgIpc) is 2.20. The van der Waals surface area contributed by atoms with E-state index >= 15 is 0 Å². The van der Waals surface area contributed by atoms with Crippen LogP contribution in [-0.4, -0.2) is 0 Å². The maximum atomic E-state index is 3.01. The minimum atomic E-state index is 0. The van der Waals surface area contributed by atoms with E-state index in [1.165, 1.54) is 16.7 Å². The van der Waals surface area contributed by atoms with E-state index in [0.717, 1.165) is 0 Å². The minimum Gasteiger partial charge on any atom is -0.184 e. The van der Waals surface area contributed by atoms with Gasteiger partial charge in [0.25, 0.3) is 0 Å². The van der Waals surface area contributed by atoms with E-state index < -0.39 is 0 Å². The van der Waals surface area contributed by atoms with Crippen molar-refractivity contribution >= 4 is 0 Å². The van der Waals surface area contributed by atoms with Crippen molar-refractivity contribution < 1.29 is 51.4 Å². The van der Waals surface area contributed by atoms with Crippen LogP contribution in [0.1, 0.15) is 5.56 Å². The van der Waals surface area contributed by atoms with Crippen LogP contribution in [-0.2, 0) is 0 Å². The molecule has 0 saturated carbocycles. The molecule has 0 N–H and O–H groups in total. The van der Waals surface area contributed by atoms with Gasteiger partial charge in [-0.3, -0.25) is 0 Å². The fraction of sp³-hybridized carbons (Fsp3) is 0.0769. The normalized spacial score (nSPS) is 9.21. The molecule has 1 heteroatoms.